The van der Waals surface area contributed by atoms with Gasteiger partial charge in [-0.25, -0.2) is 4.79 Å². The Bertz CT molecular complexity index is 820. The van der Waals surface area contributed by atoms with Crippen LogP contribution in [0.25, 0.3) is 0 Å². The van der Waals surface area contributed by atoms with Crippen LogP contribution in [-0.2, 0) is 22.6 Å². The summed E-state index contributed by atoms with van der Waals surface area (Å²) in [6.45, 7) is 0.342. The molecule has 0 radical (unpaired) electrons. The summed E-state index contributed by atoms with van der Waals surface area (Å²) in [7, 11) is 1.60. The van der Waals surface area contributed by atoms with Crippen molar-refractivity contribution in [3.05, 3.63) is 66.3 Å². The topological polar surface area (TPSA) is 90.7 Å². The van der Waals surface area contributed by atoms with Gasteiger partial charge < -0.3 is 18.5 Å². The fourth-order valence-corrected chi connectivity index (χ4v) is 2.16. The third-order valence-electron chi connectivity index (χ3n) is 3.47. The van der Waals surface area contributed by atoms with E-state index in [4.69, 9.17) is 13.6 Å². The lowest BCUT2D eigenvalue weighted by atomic mass is 10.4. The second kappa shape index (κ2) is 7.52. The molecule has 0 bridgehead atoms. The molecule has 8 heteroatoms. The molecule has 3 aromatic heterocycles. The lowest BCUT2D eigenvalue weighted by molar-refractivity contribution is -0.134. The maximum absolute atomic E-state index is 12.0. The Kier molecular flexibility index (Phi) is 4.98. The smallest absolute Gasteiger partial charge is 0.374 e. The fourth-order valence-electron chi connectivity index (χ4n) is 2.16. The quantitative estimate of drug-likeness (QED) is 0.609. The van der Waals surface area contributed by atoms with E-state index in [1.54, 1.807) is 48.4 Å². The van der Waals surface area contributed by atoms with Gasteiger partial charge in [-0.3, -0.25) is 9.48 Å². The Morgan fingerprint density at radius 3 is 2.84 bits per heavy atom. The first-order valence-corrected chi connectivity index (χ1v) is 7.61. The number of likely N-dealkylation sites (N-methyl/N-ethyl adjacent to an activating group) is 1. The van der Waals surface area contributed by atoms with Gasteiger partial charge in [-0.05, 0) is 30.3 Å². The third-order valence-corrected chi connectivity index (χ3v) is 3.47. The van der Waals surface area contributed by atoms with Gasteiger partial charge in [0.25, 0.3) is 5.91 Å². The Labute approximate surface area is 143 Å². The summed E-state index contributed by atoms with van der Waals surface area (Å²) >= 11 is 0. The van der Waals surface area contributed by atoms with Crippen LogP contribution < -0.4 is 0 Å². The first-order valence-electron chi connectivity index (χ1n) is 7.61. The second-order valence-corrected chi connectivity index (χ2v) is 5.37. The molecule has 25 heavy (non-hydrogen) atoms. The summed E-state index contributed by atoms with van der Waals surface area (Å²) in [5, 5.41) is 4.06. The summed E-state index contributed by atoms with van der Waals surface area (Å²) in [6, 6.07) is 8.48. The number of rotatable bonds is 7. The standard InChI is InChI=1S/C17H17N3O5/c1-19(10-13-4-2-9-23-13)16(21)12-24-17(22)15-6-5-14(25-15)11-20-8-3-7-18-20/h2-9H,10-12H2,1H3. The minimum Gasteiger partial charge on any atom is -0.467 e. The summed E-state index contributed by atoms with van der Waals surface area (Å²) in [6.07, 6.45) is 4.97. The van der Waals surface area contributed by atoms with Crippen LogP contribution in [0.5, 0.6) is 0 Å². The van der Waals surface area contributed by atoms with Crippen molar-refractivity contribution >= 4 is 11.9 Å². The highest BCUT2D eigenvalue weighted by Gasteiger charge is 2.17. The summed E-state index contributed by atoms with van der Waals surface area (Å²) in [4.78, 5) is 25.4. The molecule has 3 aromatic rings. The minimum absolute atomic E-state index is 0.0450. The average Bonchev–Trinajstić information content (AvgIpc) is 3.35. The zero-order valence-corrected chi connectivity index (χ0v) is 13.6. The van der Waals surface area contributed by atoms with Crippen molar-refractivity contribution in [3.8, 4) is 0 Å². The normalized spacial score (nSPS) is 10.6. The molecule has 0 aromatic carbocycles. The average molecular weight is 343 g/mol. The molecule has 0 unspecified atom stereocenters. The second-order valence-electron chi connectivity index (χ2n) is 5.37. The summed E-state index contributed by atoms with van der Waals surface area (Å²) in [5.41, 5.74) is 0. The van der Waals surface area contributed by atoms with Crippen LogP contribution in [0.1, 0.15) is 22.1 Å². The number of furan rings is 2. The molecule has 3 heterocycles. The number of ether oxygens (including phenoxy) is 1. The number of carbonyl (C=O) groups excluding carboxylic acids is 2. The van der Waals surface area contributed by atoms with Crippen molar-refractivity contribution in [2.75, 3.05) is 13.7 Å². The van der Waals surface area contributed by atoms with E-state index >= 15 is 0 Å². The number of nitrogens with zero attached hydrogens (tertiary/aromatic N) is 3. The van der Waals surface area contributed by atoms with Gasteiger partial charge in [-0.15, -0.1) is 0 Å². The van der Waals surface area contributed by atoms with Crippen molar-refractivity contribution in [2.45, 2.75) is 13.1 Å². The first-order chi connectivity index (χ1) is 12.1. The lowest BCUT2D eigenvalue weighted by Crippen LogP contribution is -2.30. The van der Waals surface area contributed by atoms with Crippen LogP contribution in [0.2, 0.25) is 0 Å². The van der Waals surface area contributed by atoms with E-state index in [-0.39, 0.29) is 18.3 Å². The van der Waals surface area contributed by atoms with E-state index < -0.39 is 5.97 Å². The van der Waals surface area contributed by atoms with Gasteiger partial charge in [-0.2, -0.15) is 5.10 Å². The molecule has 3 rings (SSSR count). The molecular formula is C17H17N3O5. The molecular weight excluding hydrogens is 326 g/mol. The molecule has 0 atom stereocenters. The van der Waals surface area contributed by atoms with Crippen LogP contribution in [-0.4, -0.2) is 40.2 Å². The van der Waals surface area contributed by atoms with Crippen molar-refractivity contribution < 1.29 is 23.2 Å². The maximum Gasteiger partial charge on any atom is 0.374 e. The Morgan fingerprint density at radius 2 is 2.12 bits per heavy atom. The van der Waals surface area contributed by atoms with Crippen LogP contribution in [0.4, 0.5) is 0 Å². The molecule has 0 aliphatic rings. The zero-order valence-electron chi connectivity index (χ0n) is 13.6. The number of amides is 1. The van der Waals surface area contributed by atoms with Crippen molar-refractivity contribution in [2.24, 2.45) is 0 Å². The molecule has 0 saturated heterocycles. The van der Waals surface area contributed by atoms with Crippen LogP contribution in [0, 0.1) is 0 Å². The molecule has 1 amide bonds. The van der Waals surface area contributed by atoms with E-state index in [2.05, 4.69) is 5.10 Å². The van der Waals surface area contributed by atoms with Gasteiger partial charge in [0.15, 0.2) is 6.61 Å². The lowest BCUT2D eigenvalue weighted by Gasteiger charge is -2.15. The molecule has 0 aliphatic heterocycles. The van der Waals surface area contributed by atoms with E-state index in [1.807, 2.05) is 0 Å². The highest BCUT2D eigenvalue weighted by molar-refractivity contribution is 5.88. The largest absolute Gasteiger partial charge is 0.467 e. The number of carbonyl (C=O) groups is 2. The van der Waals surface area contributed by atoms with Crippen molar-refractivity contribution in [1.29, 1.82) is 0 Å². The van der Waals surface area contributed by atoms with Gasteiger partial charge in [0.2, 0.25) is 5.76 Å². The van der Waals surface area contributed by atoms with Crippen LogP contribution in [0.15, 0.2) is 57.8 Å². The van der Waals surface area contributed by atoms with Crippen molar-refractivity contribution in [1.82, 2.24) is 14.7 Å². The summed E-state index contributed by atoms with van der Waals surface area (Å²) in [5.74, 6) is 0.233. The van der Waals surface area contributed by atoms with Crippen LogP contribution >= 0.6 is 0 Å². The van der Waals surface area contributed by atoms with Gasteiger partial charge >= 0.3 is 5.97 Å². The van der Waals surface area contributed by atoms with E-state index in [0.29, 0.717) is 24.6 Å². The minimum atomic E-state index is -0.688. The number of hydrogen-bond acceptors (Lipinski definition) is 6. The number of hydrogen-bond donors (Lipinski definition) is 0. The Balaban J connectivity index is 1.48. The fraction of sp³-hybridized carbons (Fsp3) is 0.235. The molecule has 0 spiro atoms. The SMILES string of the molecule is CN(Cc1ccco1)C(=O)COC(=O)c1ccc(Cn2cccn2)o1. The third kappa shape index (κ3) is 4.37. The van der Waals surface area contributed by atoms with Crippen molar-refractivity contribution in [3.63, 3.8) is 0 Å². The molecule has 130 valence electrons. The zero-order chi connectivity index (χ0) is 17.6. The first kappa shape index (κ1) is 16.6. The van der Waals surface area contributed by atoms with Gasteiger partial charge in [0.05, 0.1) is 19.4 Å². The molecule has 8 nitrogen and oxygen atoms in total. The number of aromatic nitrogens is 2. The van der Waals surface area contributed by atoms with E-state index in [1.165, 1.54) is 17.2 Å². The summed E-state index contributed by atoms with van der Waals surface area (Å²) < 4.78 is 17.3. The maximum atomic E-state index is 12.0. The highest BCUT2D eigenvalue weighted by Crippen LogP contribution is 2.11. The highest BCUT2D eigenvalue weighted by atomic mass is 16.5. The number of esters is 1. The van der Waals surface area contributed by atoms with E-state index in [9.17, 15) is 9.59 Å². The van der Waals surface area contributed by atoms with E-state index in [0.717, 1.165) is 0 Å². The molecule has 0 saturated carbocycles. The van der Waals surface area contributed by atoms with Crippen LogP contribution in [0.3, 0.4) is 0 Å². The Hall–Kier alpha value is -3.29. The van der Waals surface area contributed by atoms with Gasteiger partial charge in [0.1, 0.15) is 11.5 Å². The predicted octanol–water partition coefficient (Wildman–Crippen LogP) is 1.93. The Morgan fingerprint density at radius 1 is 1.24 bits per heavy atom. The predicted molar refractivity (Wildman–Crippen MR) is 85.5 cm³/mol. The monoisotopic (exact) mass is 343 g/mol. The molecule has 0 fully saturated rings. The van der Waals surface area contributed by atoms with Gasteiger partial charge in [-0.1, -0.05) is 0 Å². The molecule has 0 aliphatic carbocycles. The van der Waals surface area contributed by atoms with Gasteiger partial charge in [0, 0.05) is 19.4 Å². The molecule has 0 N–H and O–H groups in total.